The van der Waals surface area contributed by atoms with Crippen molar-refractivity contribution in [3.05, 3.63) is 72.2 Å². The molecule has 0 radical (unpaired) electrons. The van der Waals surface area contributed by atoms with Crippen molar-refractivity contribution in [2.24, 2.45) is 0 Å². The second-order valence-electron chi connectivity index (χ2n) is 7.12. The number of nitrogens with zero attached hydrogens (tertiary/aromatic N) is 2. The highest BCUT2D eigenvalue weighted by Gasteiger charge is 2.20. The van der Waals surface area contributed by atoms with E-state index in [-0.39, 0.29) is 7.43 Å². The highest BCUT2D eigenvalue weighted by molar-refractivity contribution is 5.64. The molecule has 1 aromatic carbocycles. The molecule has 1 fully saturated rings. The Morgan fingerprint density at radius 1 is 1.19 bits per heavy atom. The van der Waals surface area contributed by atoms with Crippen LogP contribution >= 0.6 is 0 Å². The topological polar surface area (TPSA) is 72.1 Å². The molecule has 4 rings (SSSR count). The normalized spacial score (nSPS) is 14.2. The van der Waals surface area contributed by atoms with Crippen LogP contribution in [0.4, 0.5) is 11.6 Å². The van der Waals surface area contributed by atoms with Crippen LogP contribution in [-0.2, 0) is 4.74 Å². The predicted molar refractivity (Wildman–Crippen MR) is 127 cm³/mol. The summed E-state index contributed by atoms with van der Waals surface area (Å²) >= 11 is 0. The van der Waals surface area contributed by atoms with Crippen LogP contribution in [0.3, 0.4) is 0 Å². The van der Waals surface area contributed by atoms with Crippen LogP contribution < -0.4 is 10.1 Å². The third-order valence-corrected chi connectivity index (χ3v) is 5.08. The Balaban J connectivity index is 0.00000272. The highest BCUT2D eigenvalue weighted by Crippen LogP contribution is 2.34. The van der Waals surface area contributed by atoms with E-state index in [9.17, 15) is 0 Å². The quantitative estimate of drug-likeness (QED) is 0.455. The van der Waals surface area contributed by atoms with Gasteiger partial charge in [-0.3, -0.25) is 0 Å². The number of hydrogen-bond donors (Lipinski definition) is 2. The van der Waals surface area contributed by atoms with Gasteiger partial charge in [-0.2, -0.15) is 0 Å². The van der Waals surface area contributed by atoms with Crippen molar-refractivity contribution in [3.63, 3.8) is 0 Å². The molecule has 0 amide bonds. The van der Waals surface area contributed by atoms with Gasteiger partial charge in [0.2, 0.25) is 11.8 Å². The molecule has 2 N–H and O–H groups in total. The van der Waals surface area contributed by atoms with E-state index in [4.69, 9.17) is 9.47 Å². The van der Waals surface area contributed by atoms with Crippen LogP contribution in [0.25, 0.3) is 12.2 Å². The largest absolute Gasteiger partial charge is 0.439 e. The van der Waals surface area contributed by atoms with Gasteiger partial charge < -0.3 is 19.8 Å². The zero-order valence-corrected chi connectivity index (χ0v) is 17.1. The number of ether oxygens (including phenoxy) is 2. The van der Waals surface area contributed by atoms with Gasteiger partial charge in [-0.05, 0) is 68.2 Å². The van der Waals surface area contributed by atoms with Crippen molar-refractivity contribution >= 4 is 23.8 Å². The fourth-order valence-corrected chi connectivity index (χ4v) is 3.57. The van der Waals surface area contributed by atoms with Crippen LogP contribution in [0.15, 0.2) is 55.3 Å². The van der Waals surface area contributed by atoms with E-state index in [1.54, 1.807) is 12.3 Å². The first-order valence-corrected chi connectivity index (χ1v) is 10.2. The third kappa shape index (κ3) is 5.41. The van der Waals surface area contributed by atoms with Gasteiger partial charge in [0.05, 0.1) is 11.4 Å². The number of anilines is 2. The third-order valence-electron chi connectivity index (χ3n) is 5.08. The highest BCUT2D eigenvalue weighted by atomic mass is 16.5. The summed E-state index contributed by atoms with van der Waals surface area (Å²) in [6.45, 7) is 7.35. The standard InChI is InChI=1S/C24H26N4O2.CH4/c1-3-6-22-21(4-2)27-24(28-22)26-18-8-10-19(11-9-18)30-23-20(7-5-14-25-23)17-12-15-29-16-13-17;/h3-11,14,17H,2,12-13,15-16H2,1H3,(H2,26,27,28);1H4/b6-3-;. The Labute approximate surface area is 184 Å². The van der Waals surface area contributed by atoms with Crippen molar-refractivity contribution in [1.82, 2.24) is 15.0 Å². The molecule has 0 spiro atoms. The molecule has 1 aliphatic heterocycles. The second-order valence-corrected chi connectivity index (χ2v) is 7.12. The number of rotatable bonds is 7. The summed E-state index contributed by atoms with van der Waals surface area (Å²) in [5, 5.41) is 3.28. The van der Waals surface area contributed by atoms with Gasteiger partial charge in [-0.25, -0.2) is 9.97 Å². The van der Waals surface area contributed by atoms with E-state index in [0.717, 1.165) is 54.4 Å². The maximum atomic E-state index is 6.11. The molecular formula is C25H30N4O2. The molecule has 3 aromatic rings. The molecule has 31 heavy (non-hydrogen) atoms. The van der Waals surface area contributed by atoms with Gasteiger partial charge in [0, 0.05) is 30.7 Å². The molecule has 3 heterocycles. The minimum Gasteiger partial charge on any atom is -0.439 e. The number of H-pyrrole nitrogens is 1. The second kappa shape index (κ2) is 10.6. The van der Waals surface area contributed by atoms with Crippen molar-refractivity contribution in [2.75, 3.05) is 18.5 Å². The molecule has 162 valence electrons. The Morgan fingerprint density at radius 2 is 1.97 bits per heavy atom. The van der Waals surface area contributed by atoms with Gasteiger partial charge in [-0.15, -0.1) is 0 Å². The number of aromatic amines is 1. The first-order valence-electron chi connectivity index (χ1n) is 10.2. The van der Waals surface area contributed by atoms with Crippen LogP contribution in [-0.4, -0.2) is 28.2 Å². The molecule has 6 nitrogen and oxygen atoms in total. The fourth-order valence-electron chi connectivity index (χ4n) is 3.57. The number of benzene rings is 1. The van der Waals surface area contributed by atoms with Gasteiger partial charge in [0.25, 0.3) is 0 Å². The summed E-state index contributed by atoms with van der Waals surface area (Å²) < 4.78 is 11.6. The van der Waals surface area contributed by atoms with Crippen molar-refractivity contribution in [3.8, 4) is 11.6 Å². The molecule has 0 saturated carbocycles. The smallest absolute Gasteiger partial charge is 0.222 e. The maximum Gasteiger partial charge on any atom is 0.222 e. The fraction of sp³-hybridized carbons (Fsp3) is 0.280. The average molecular weight is 419 g/mol. The number of aromatic nitrogens is 3. The SMILES string of the molecule is C.C=Cc1nc(Nc2ccc(Oc3ncccc3C3CCOCC3)cc2)[nH]c1/C=C\C. The van der Waals surface area contributed by atoms with Crippen molar-refractivity contribution in [2.45, 2.75) is 33.1 Å². The first-order chi connectivity index (χ1) is 14.8. The lowest BCUT2D eigenvalue weighted by atomic mass is 9.92. The monoisotopic (exact) mass is 418 g/mol. The molecule has 0 unspecified atom stereocenters. The molecule has 1 saturated heterocycles. The minimum atomic E-state index is 0. The van der Waals surface area contributed by atoms with E-state index in [2.05, 4.69) is 32.9 Å². The van der Waals surface area contributed by atoms with Crippen LogP contribution in [0.5, 0.6) is 11.6 Å². The van der Waals surface area contributed by atoms with Gasteiger partial charge in [-0.1, -0.05) is 26.1 Å². The lowest BCUT2D eigenvalue weighted by Gasteiger charge is -2.23. The van der Waals surface area contributed by atoms with Gasteiger partial charge >= 0.3 is 0 Å². The van der Waals surface area contributed by atoms with Crippen LogP contribution in [0, 0.1) is 0 Å². The zero-order valence-electron chi connectivity index (χ0n) is 17.1. The molecule has 0 bridgehead atoms. The molecule has 0 atom stereocenters. The average Bonchev–Trinajstić information content (AvgIpc) is 3.17. The van der Waals surface area contributed by atoms with E-state index in [1.165, 1.54) is 0 Å². The number of imidazole rings is 1. The van der Waals surface area contributed by atoms with E-state index in [1.807, 2.05) is 49.4 Å². The lowest BCUT2D eigenvalue weighted by molar-refractivity contribution is 0.0848. The Hall–Kier alpha value is -3.38. The minimum absolute atomic E-state index is 0. The lowest BCUT2D eigenvalue weighted by Crippen LogP contribution is -2.15. The zero-order chi connectivity index (χ0) is 20.8. The molecule has 0 aliphatic carbocycles. The summed E-state index contributed by atoms with van der Waals surface area (Å²) in [6, 6.07) is 11.8. The predicted octanol–water partition coefficient (Wildman–Crippen LogP) is 6.55. The molecular weight excluding hydrogens is 388 g/mol. The van der Waals surface area contributed by atoms with Gasteiger partial charge in [0.1, 0.15) is 5.75 Å². The van der Waals surface area contributed by atoms with Crippen molar-refractivity contribution in [1.29, 1.82) is 0 Å². The van der Waals surface area contributed by atoms with Crippen LogP contribution in [0.2, 0.25) is 0 Å². The number of nitrogens with one attached hydrogen (secondary N) is 2. The van der Waals surface area contributed by atoms with Crippen LogP contribution in [0.1, 0.15) is 50.1 Å². The van der Waals surface area contributed by atoms with E-state index in [0.29, 0.717) is 17.7 Å². The maximum absolute atomic E-state index is 6.11. The van der Waals surface area contributed by atoms with Gasteiger partial charge in [0.15, 0.2) is 0 Å². The molecule has 1 aliphatic rings. The summed E-state index contributed by atoms with van der Waals surface area (Å²) in [7, 11) is 0. The first kappa shape index (κ1) is 22.3. The Morgan fingerprint density at radius 3 is 2.68 bits per heavy atom. The number of hydrogen-bond acceptors (Lipinski definition) is 5. The number of pyridine rings is 1. The van der Waals surface area contributed by atoms with E-state index >= 15 is 0 Å². The summed E-state index contributed by atoms with van der Waals surface area (Å²) in [5.41, 5.74) is 3.79. The van der Waals surface area contributed by atoms with E-state index < -0.39 is 0 Å². The summed E-state index contributed by atoms with van der Waals surface area (Å²) in [4.78, 5) is 12.2. The molecule has 6 heteroatoms. The summed E-state index contributed by atoms with van der Waals surface area (Å²) in [5.74, 6) is 2.50. The summed E-state index contributed by atoms with van der Waals surface area (Å²) in [6.07, 6.45) is 9.42. The van der Waals surface area contributed by atoms with Crippen molar-refractivity contribution < 1.29 is 9.47 Å². The molecule has 2 aromatic heterocycles. The number of allylic oxidation sites excluding steroid dienone is 1. The Kier molecular flexibility index (Phi) is 7.62. The Bertz CT molecular complexity index is 1020.